The van der Waals surface area contributed by atoms with E-state index in [4.69, 9.17) is 0 Å². The first-order valence-corrected chi connectivity index (χ1v) is 8.36. The monoisotopic (exact) mass is 296 g/mol. The summed E-state index contributed by atoms with van der Waals surface area (Å²) in [4.78, 5) is 13.6. The van der Waals surface area contributed by atoms with Crippen molar-refractivity contribution in [3.8, 4) is 0 Å². The van der Waals surface area contributed by atoms with Crippen molar-refractivity contribution >= 4 is 45.5 Å². The molecule has 94 valence electrons. The maximum absolute atomic E-state index is 12.3. The highest BCUT2D eigenvalue weighted by Gasteiger charge is 2.28. The minimum Gasteiger partial charge on any atom is -0.315 e. The molecule has 18 heavy (non-hydrogen) atoms. The van der Waals surface area contributed by atoms with E-state index in [1.165, 1.54) is 22.0 Å². The molecule has 3 heterocycles. The predicted molar refractivity (Wildman–Crippen MR) is 78.7 cm³/mol. The molecule has 1 unspecified atom stereocenters. The van der Waals surface area contributed by atoms with Crippen molar-refractivity contribution in [2.24, 2.45) is 0 Å². The second-order valence-corrected chi connectivity index (χ2v) is 7.14. The van der Waals surface area contributed by atoms with Crippen LogP contribution in [0.3, 0.4) is 0 Å². The number of nitrogens with zero attached hydrogens (tertiary/aromatic N) is 1. The van der Waals surface area contributed by atoms with Gasteiger partial charge in [0.2, 0.25) is 5.91 Å². The predicted octanol–water partition coefficient (Wildman–Crippen LogP) is 3.48. The third-order valence-electron chi connectivity index (χ3n) is 2.79. The summed E-state index contributed by atoms with van der Waals surface area (Å²) in [6, 6.07) is 3.99. The van der Waals surface area contributed by atoms with E-state index in [9.17, 15) is 4.79 Å². The Morgan fingerprint density at radius 1 is 1.56 bits per heavy atom. The second kappa shape index (κ2) is 5.03. The summed E-state index contributed by atoms with van der Waals surface area (Å²) in [5.74, 6) is 1.09. The number of aromatic nitrogens is 1. The number of thiophene rings is 1. The van der Waals surface area contributed by atoms with Crippen molar-refractivity contribution in [3.63, 3.8) is 0 Å². The largest absolute Gasteiger partial charge is 0.315 e. The Hall–Kier alpha value is -0.850. The van der Waals surface area contributed by atoms with Gasteiger partial charge in [-0.3, -0.25) is 4.79 Å². The van der Waals surface area contributed by atoms with Gasteiger partial charge in [-0.1, -0.05) is 0 Å². The first kappa shape index (κ1) is 12.2. The lowest BCUT2D eigenvalue weighted by molar-refractivity contribution is -0.115. The molecule has 6 heteroatoms. The quantitative estimate of drug-likeness (QED) is 0.922. The van der Waals surface area contributed by atoms with Crippen LogP contribution in [0.4, 0.5) is 5.00 Å². The molecule has 0 fully saturated rings. The van der Waals surface area contributed by atoms with Crippen LogP contribution in [0.2, 0.25) is 0 Å². The van der Waals surface area contributed by atoms with Crippen LogP contribution in [0.1, 0.15) is 21.4 Å². The molecule has 0 radical (unpaired) electrons. The fourth-order valence-electron chi connectivity index (χ4n) is 1.97. The van der Waals surface area contributed by atoms with Gasteiger partial charge in [0.05, 0.1) is 5.69 Å². The van der Waals surface area contributed by atoms with Gasteiger partial charge in [0.15, 0.2) is 0 Å². The van der Waals surface area contributed by atoms with Crippen molar-refractivity contribution in [1.29, 1.82) is 0 Å². The lowest BCUT2D eigenvalue weighted by atomic mass is 10.1. The van der Waals surface area contributed by atoms with Gasteiger partial charge in [-0.25, -0.2) is 0 Å². The fraction of sp³-hybridized carbons (Fsp3) is 0.333. The Morgan fingerprint density at radius 3 is 3.22 bits per heavy atom. The molecule has 2 aromatic heterocycles. The summed E-state index contributed by atoms with van der Waals surface area (Å²) in [5.41, 5.74) is 2.14. The van der Waals surface area contributed by atoms with Gasteiger partial charge in [-0.05, 0) is 53.7 Å². The molecule has 3 nitrogen and oxygen atoms in total. The molecule has 0 aliphatic carbocycles. The van der Waals surface area contributed by atoms with E-state index in [0.29, 0.717) is 0 Å². The molecule has 1 atom stereocenters. The number of nitrogens with one attached hydrogen (secondary N) is 1. The smallest absolute Gasteiger partial charge is 0.242 e. The van der Waals surface area contributed by atoms with Crippen LogP contribution in [0.15, 0.2) is 17.5 Å². The van der Waals surface area contributed by atoms with Crippen LogP contribution in [-0.2, 0) is 11.2 Å². The number of hydrogen-bond acceptors (Lipinski definition) is 5. The van der Waals surface area contributed by atoms with E-state index < -0.39 is 0 Å². The van der Waals surface area contributed by atoms with Crippen molar-refractivity contribution in [3.05, 3.63) is 33.6 Å². The van der Waals surface area contributed by atoms with Crippen LogP contribution in [0.25, 0.3) is 0 Å². The number of amides is 1. The SMILES string of the molecule is Cc1cc(NC(=O)C2SCCc3sccc32)sn1. The van der Waals surface area contributed by atoms with Crippen LogP contribution >= 0.6 is 34.6 Å². The van der Waals surface area contributed by atoms with Gasteiger partial charge in [0, 0.05) is 4.88 Å². The zero-order chi connectivity index (χ0) is 12.5. The number of rotatable bonds is 2. The summed E-state index contributed by atoms with van der Waals surface area (Å²) in [6.45, 7) is 1.93. The van der Waals surface area contributed by atoms with Crippen molar-refractivity contribution < 1.29 is 4.79 Å². The Balaban J connectivity index is 1.78. The number of hydrogen-bond donors (Lipinski definition) is 1. The lowest BCUT2D eigenvalue weighted by Crippen LogP contribution is -2.21. The van der Waals surface area contributed by atoms with Gasteiger partial charge >= 0.3 is 0 Å². The van der Waals surface area contributed by atoms with Crippen molar-refractivity contribution in [2.75, 3.05) is 11.1 Å². The van der Waals surface area contributed by atoms with Gasteiger partial charge in [-0.2, -0.15) is 4.37 Å². The molecule has 1 amide bonds. The van der Waals surface area contributed by atoms with Crippen LogP contribution in [-0.4, -0.2) is 16.0 Å². The molecule has 0 spiro atoms. The summed E-state index contributed by atoms with van der Waals surface area (Å²) in [5, 5.41) is 5.81. The molecule has 0 saturated carbocycles. The Labute approximate surface area is 118 Å². The zero-order valence-corrected chi connectivity index (χ0v) is 12.3. The van der Waals surface area contributed by atoms with Crippen molar-refractivity contribution in [1.82, 2.24) is 4.37 Å². The van der Waals surface area contributed by atoms with Crippen LogP contribution in [0, 0.1) is 6.92 Å². The van der Waals surface area contributed by atoms with Crippen LogP contribution < -0.4 is 5.32 Å². The average Bonchev–Trinajstić information content (AvgIpc) is 2.97. The molecular weight excluding hydrogens is 284 g/mol. The standard InChI is InChI=1S/C12H12N2OS3/c1-7-6-10(18-14-7)13-12(15)11-8-2-4-16-9(8)3-5-17-11/h2,4,6,11H,3,5H2,1H3,(H,13,15). The highest BCUT2D eigenvalue weighted by Crippen LogP contribution is 2.40. The van der Waals surface area contributed by atoms with Crippen LogP contribution in [0.5, 0.6) is 0 Å². The third kappa shape index (κ3) is 2.32. The molecule has 0 aromatic carbocycles. The normalized spacial score (nSPS) is 18.4. The molecule has 0 saturated heterocycles. The third-order valence-corrected chi connectivity index (χ3v) is 5.82. The fourth-order valence-corrected chi connectivity index (χ4v) is 4.93. The van der Waals surface area contributed by atoms with E-state index in [2.05, 4.69) is 21.1 Å². The molecular formula is C12H12N2OS3. The number of fused-ring (bicyclic) bond motifs is 1. The minimum atomic E-state index is -0.0672. The maximum atomic E-state index is 12.3. The first-order valence-electron chi connectivity index (χ1n) is 5.66. The van der Waals surface area contributed by atoms with Crippen molar-refractivity contribution in [2.45, 2.75) is 18.6 Å². The Kier molecular flexibility index (Phi) is 3.41. The van der Waals surface area contributed by atoms with Gasteiger partial charge < -0.3 is 5.32 Å². The number of thioether (sulfide) groups is 1. The number of carbonyl (C=O) groups excluding carboxylic acids is 1. The molecule has 1 aliphatic heterocycles. The van der Waals surface area contributed by atoms with E-state index in [0.717, 1.165) is 22.9 Å². The maximum Gasteiger partial charge on any atom is 0.242 e. The topological polar surface area (TPSA) is 42.0 Å². The highest BCUT2D eigenvalue weighted by atomic mass is 32.2. The van der Waals surface area contributed by atoms with E-state index in [1.807, 2.05) is 13.0 Å². The molecule has 0 bridgehead atoms. The molecule has 1 N–H and O–H groups in total. The summed E-state index contributed by atoms with van der Waals surface area (Å²) in [6.07, 6.45) is 1.08. The summed E-state index contributed by atoms with van der Waals surface area (Å²) in [7, 11) is 0. The second-order valence-electron chi connectivity index (χ2n) is 4.12. The van der Waals surface area contributed by atoms with Gasteiger partial charge in [-0.15, -0.1) is 23.1 Å². The van der Waals surface area contributed by atoms with Gasteiger partial charge in [0.25, 0.3) is 0 Å². The Morgan fingerprint density at radius 2 is 2.44 bits per heavy atom. The minimum absolute atomic E-state index is 0.0672. The first-order chi connectivity index (χ1) is 8.74. The Bertz CT molecular complexity index is 575. The average molecular weight is 296 g/mol. The summed E-state index contributed by atoms with van der Waals surface area (Å²) >= 11 is 4.81. The summed E-state index contributed by atoms with van der Waals surface area (Å²) < 4.78 is 4.17. The number of anilines is 1. The lowest BCUT2D eigenvalue weighted by Gasteiger charge is -2.20. The molecule has 3 rings (SSSR count). The highest BCUT2D eigenvalue weighted by molar-refractivity contribution is 8.00. The number of aryl methyl sites for hydroxylation is 2. The van der Waals surface area contributed by atoms with E-state index >= 15 is 0 Å². The van der Waals surface area contributed by atoms with E-state index in [-0.39, 0.29) is 11.2 Å². The zero-order valence-electron chi connectivity index (χ0n) is 9.80. The molecule has 1 aliphatic rings. The van der Waals surface area contributed by atoms with Gasteiger partial charge in [0.1, 0.15) is 10.3 Å². The van der Waals surface area contributed by atoms with E-state index in [1.54, 1.807) is 23.1 Å². The molecule has 2 aromatic rings. The number of carbonyl (C=O) groups is 1.